The van der Waals surface area contributed by atoms with Crippen LogP contribution in [0.25, 0.3) is 0 Å². The van der Waals surface area contributed by atoms with Crippen LogP contribution in [0, 0.1) is 6.92 Å². The van der Waals surface area contributed by atoms with E-state index >= 15 is 0 Å². The number of hydrogen-bond donors (Lipinski definition) is 1. The molecule has 0 aliphatic heterocycles. The van der Waals surface area contributed by atoms with E-state index in [-0.39, 0.29) is 13.2 Å². The summed E-state index contributed by atoms with van der Waals surface area (Å²) >= 11 is 0. The summed E-state index contributed by atoms with van der Waals surface area (Å²) in [7, 11) is 3.24. The number of methoxy groups -OCH3 is 1. The van der Waals surface area contributed by atoms with E-state index in [4.69, 9.17) is 14.6 Å². The molecule has 0 bridgehead atoms. The van der Waals surface area contributed by atoms with E-state index in [1.165, 1.54) is 4.90 Å². The lowest BCUT2D eigenvalue weighted by Gasteiger charge is -2.18. The third kappa shape index (κ3) is 3.92. The third-order valence-corrected chi connectivity index (χ3v) is 2.47. The summed E-state index contributed by atoms with van der Waals surface area (Å²) in [6, 6.07) is 5.79. The number of amides is 1. The highest BCUT2D eigenvalue weighted by atomic mass is 16.6. The molecule has 0 aromatic heterocycles. The maximum Gasteiger partial charge on any atom is 0.409 e. The van der Waals surface area contributed by atoms with Crippen molar-refractivity contribution in [1.29, 1.82) is 0 Å². The number of rotatable bonds is 5. The number of nitrogens with zero attached hydrogens (tertiary/aromatic N) is 1. The highest BCUT2D eigenvalue weighted by molar-refractivity contribution is 5.67. The van der Waals surface area contributed by atoms with Crippen LogP contribution in [0.4, 0.5) is 4.79 Å². The zero-order valence-corrected chi connectivity index (χ0v) is 11.0. The largest absolute Gasteiger partial charge is 0.496 e. The second kappa shape index (κ2) is 6.86. The number of benzene rings is 1. The highest BCUT2D eigenvalue weighted by Gasteiger charge is 2.13. The maximum absolute atomic E-state index is 11.5. The lowest BCUT2D eigenvalue weighted by molar-refractivity contribution is 0.0892. The van der Waals surface area contributed by atoms with Crippen molar-refractivity contribution in [2.24, 2.45) is 0 Å². The second-order valence-corrected chi connectivity index (χ2v) is 4.01. The summed E-state index contributed by atoms with van der Waals surface area (Å²) in [4.78, 5) is 13.0. The molecule has 1 aromatic carbocycles. The molecule has 5 heteroatoms. The first-order valence-corrected chi connectivity index (χ1v) is 5.70. The first kappa shape index (κ1) is 14.3. The van der Waals surface area contributed by atoms with Gasteiger partial charge in [0, 0.05) is 12.6 Å². The number of carbonyl (C=O) groups excluding carboxylic acids is 1. The van der Waals surface area contributed by atoms with Gasteiger partial charge in [0.05, 0.1) is 20.3 Å². The van der Waals surface area contributed by atoms with Crippen molar-refractivity contribution in [2.45, 2.75) is 13.5 Å². The van der Waals surface area contributed by atoms with E-state index in [1.54, 1.807) is 14.2 Å². The normalized spacial score (nSPS) is 10.0. The smallest absolute Gasteiger partial charge is 0.409 e. The molecule has 1 N–H and O–H groups in total. The number of ether oxygens (including phenoxy) is 2. The second-order valence-electron chi connectivity index (χ2n) is 4.01. The van der Waals surface area contributed by atoms with Crippen LogP contribution in [-0.2, 0) is 11.3 Å². The summed E-state index contributed by atoms with van der Waals surface area (Å²) in [6.45, 7) is 2.21. The van der Waals surface area contributed by atoms with Crippen LogP contribution < -0.4 is 4.74 Å². The Bertz CT molecular complexity index is 406. The molecule has 1 amide bonds. The SMILES string of the molecule is COc1ccc(C)cc1CN(C)C(=O)OCCO. The lowest BCUT2D eigenvalue weighted by atomic mass is 10.1. The predicted octanol–water partition coefficient (Wildman–Crippen LogP) is 1.56. The van der Waals surface area contributed by atoms with Gasteiger partial charge in [-0.15, -0.1) is 0 Å². The van der Waals surface area contributed by atoms with Gasteiger partial charge in [-0.05, 0) is 13.0 Å². The Balaban J connectivity index is 2.71. The van der Waals surface area contributed by atoms with E-state index in [1.807, 2.05) is 25.1 Å². The van der Waals surface area contributed by atoms with Crippen LogP contribution in [0.3, 0.4) is 0 Å². The number of carbonyl (C=O) groups is 1. The van der Waals surface area contributed by atoms with Crippen molar-refractivity contribution >= 4 is 6.09 Å². The Morgan fingerprint density at radius 1 is 1.44 bits per heavy atom. The summed E-state index contributed by atoms with van der Waals surface area (Å²) in [5, 5.41) is 8.59. The van der Waals surface area contributed by atoms with Gasteiger partial charge >= 0.3 is 6.09 Å². The Morgan fingerprint density at radius 2 is 2.17 bits per heavy atom. The van der Waals surface area contributed by atoms with Gasteiger partial charge in [-0.1, -0.05) is 17.7 Å². The van der Waals surface area contributed by atoms with E-state index < -0.39 is 6.09 Å². The van der Waals surface area contributed by atoms with Crippen molar-refractivity contribution in [1.82, 2.24) is 4.90 Å². The number of aliphatic hydroxyl groups excluding tert-OH is 1. The highest BCUT2D eigenvalue weighted by Crippen LogP contribution is 2.21. The van der Waals surface area contributed by atoms with Crippen LogP contribution in [0.1, 0.15) is 11.1 Å². The first-order valence-electron chi connectivity index (χ1n) is 5.70. The van der Waals surface area contributed by atoms with Crippen molar-refractivity contribution in [3.05, 3.63) is 29.3 Å². The zero-order valence-electron chi connectivity index (χ0n) is 11.0. The minimum Gasteiger partial charge on any atom is -0.496 e. The first-order chi connectivity index (χ1) is 8.58. The van der Waals surface area contributed by atoms with E-state index in [2.05, 4.69) is 0 Å². The number of aliphatic hydroxyl groups is 1. The molecule has 0 saturated heterocycles. The lowest BCUT2D eigenvalue weighted by Crippen LogP contribution is -2.28. The molecule has 0 aliphatic carbocycles. The Labute approximate surface area is 107 Å². The Hall–Kier alpha value is -1.75. The molecular weight excluding hydrogens is 234 g/mol. The van der Waals surface area contributed by atoms with Gasteiger partial charge in [0.1, 0.15) is 12.4 Å². The standard InChI is InChI=1S/C13H19NO4/c1-10-4-5-12(17-3)11(8-10)9-14(2)13(16)18-7-6-15/h4-5,8,15H,6-7,9H2,1-3H3. The van der Waals surface area contributed by atoms with Gasteiger partial charge in [-0.2, -0.15) is 0 Å². The van der Waals surface area contributed by atoms with Gasteiger partial charge in [-0.3, -0.25) is 0 Å². The Morgan fingerprint density at radius 3 is 2.78 bits per heavy atom. The van der Waals surface area contributed by atoms with Crippen molar-refractivity contribution < 1.29 is 19.4 Å². The fourth-order valence-corrected chi connectivity index (χ4v) is 1.59. The molecule has 0 spiro atoms. The van der Waals surface area contributed by atoms with E-state index in [0.717, 1.165) is 16.9 Å². The topological polar surface area (TPSA) is 59.0 Å². The molecule has 0 fully saturated rings. The Kier molecular flexibility index (Phi) is 5.45. The van der Waals surface area contributed by atoms with Gasteiger partial charge in [0.25, 0.3) is 0 Å². The molecule has 0 radical (unpaired) electrons. The summed E-state index contributed by atoms with van der Waals surface area (Å²) < 4.78 is 10.1. The molecule has 0 atom stereocenters. The van der Waals surface area contributed by atoms with Gasteiger partial charge in [-0.25, -0.2) is 4.79 Å². The molecule has 5 nitrogen and oxygen atoms in total. The fourth-order valence-electron chi connectivity index (χ4n) is 1.59. The molecule has 100 valence electrons. The fraction of sp³-hybridized carbons (Fsp3) is 0.462. The molecule has 0 saturated carbocycles. The summed E-state index contributed by atoms with van der Waals surface area (Å²) in [5.41, 5.74) is 2.02. The van der Waals surface area contributed by atoms with Crippen LogP contribution in [0.15, 0.2) is 18.2 Å². The summed E-state index contributed by atoms with van der Waals surface area (Å²) in [6.07, 6.45) is -0.465. The number of hydrogen-bond acceptors (Lipinski definition) is 4. The van der Waals surface area contributed by atoms with Crippen LogP contribution in [-0.4, -0.2) is 43.5 Å². The van der Waals surface area contributed by atoms with Crippen molar-refractivity contribution in [3.8, 4) is 5.75 Å². The quantitative estimate of drug-likeness (QED) is 0.865. The average Bonchev–Trinajstić information content (AvgIpc) is 2.36. The van der Waals surface area contributed by atoms with Gasteiger partial charge < -0.3 is 19.5 Å². The molecule has 0 aliphatic rings. The minimum absolute atomic E-state index is 0.00806. The van der Waals surface area contributed by atoms with Crippen LogP contribution in [0.5, 0.6) is 5.75 Å². The molecule has 1 rings (SSSR count). The monoisotopic (exact) mass is 253 g/mol. The van der Waals surface area contributed by atoms with Gasteiger partial charge in [0.15, 0.2) is 0 Å². The predicted molar refractivity (Wildman–Crippen MR) is 67.6 cm³/mol. The van der Waals surface area contributed by atoms with E-state index in [9.17, 15) is 4.79 Å². The minimum atomic E-state index is -0.465. The molecule has 1 aromatic rings. The van der Waals surface area contributed by atoms with Crippen LogP contribution >= 0.6 is 0 Å². The molecular formula is C13H19NO4. The number of aryl methyl sites for hydroxylation is 1. The summed E-state index contributed by atoms with van der Waals surface area (Å²) in [5.74, 6) is 0.738. The van der Waals surface area contributed by atoms with Crippen LogP contribution in [0.2, 0.25) is 0 Å². The van der Waals surface area contributed by atoms with Gasteiger partial charge in [0.2, 0.25) is 0 Å². The maximum atomic E-state index is 11.5. The molecule has 0 heterocycles. The zero-order chi connectivity index (χ0) is 13.5. The van der Waals surface area contributed by atoms with Crippen molar-refractivity contribution in [3.63, 3.8) is 0 Å². The molecule has 0 unspecified atom stereocenters. The third-order valence-electron chi connectivity index (χ3n) is 2.47. The average molecular weight is 253 g/mol. The van der Waals surface area contributed by atoms with Crippen molar-refractivity contribution in [2.75, 3.05) is 27.4 Å². The molecule has 18 heavy (non-hydrogen) atoms. The van der Waals surface area contributed by atoms with E-state index in [0.29, 0.717) is 6.54 Å².